The fourth-order valence-electron chi connectivity index (χ4n) is 2.21. The molecule has 1 amide bonds. The van der Waals surface area contributed by atoms with Crippen LogP contribution in [0.25, 0.3) is 0 Å². The van der Waals surface area contributed by atoms with Gasteiger partial charge in [-0.2, -0.15) is 0 Å². The minimum absolute atomic E-state index is 0.351. The van der Waals surface area contributed by atoms with Crippen LogP contribution in [0.5, 0.6) is 0 Å². The maximum atomic E-state index is 11.0. The number of nitrogens with zero attached hydrogens (tertiary/aromatic N) is 1. The smallest absolute Gasteiger partial charge is 0.408 e. The first-order valence-electron chi connectivity index (χ1n) is 3.77. The SMILES string of the molecule is O=C(O)N1CC2CC1(C(=O)Cl)C2. The number of fused-ring (bicyclic) bond motifs is 1. The van der Waals surface area contributed by atoms with Gasteiger partial charge in [0.1, 0.15) is 5.54 Å². The van der Waals surface area contributed by atoms with Gasteiger partial charge in [-0.15, -0.1) is 0 Å². The number of carboxylic acid groups (broad SMARTS) is 1. The fraction of sp³-hybridized carbons (Fsp3) is 0.714. The van der Waals surface area contributed by atoms with E-state index < -0.39 is 16.9 Å². The highest BCUT2D eigenvalue weighted by Gasteiger charge is 2.62. The first kappa shape index (κ1) is 7.86. The quantitative estimate of drug-likeness (QED) is 0.624. The minimum atomic E-state index is -1.04. The Morgan fingerprint density at radius 3 is 2.42 bits per heavy atom. The molecular formula is C7H8ClNO3. The van der Waals surface area contributed by atoms with Gasteiger partial charge in [0.25, 0.3) is 0 Å². The molecule has 0 aromatic heterocycles. The molecule has 2 bridgehead atoms. The summed E-state index contributed by atoms with van der Waals surface area (Å²) >= 11 is 5.36. The van der Waals surface area contributed by atoms with E-state index in [0.29, 0.717) is 25.3 Å². The third kappa shape index (κ3) is 0.732. The largest absolute Gasteiger partial charge is 0.465 e. The van der Waals surface area contributed by atoms with Crippen molar-refractivity contribution in [2.45, 2.75) is 18.4 Å². The van der Waals surface area contributed by atoms with E-state index in [9.17, 15) is 9.59 Å². The molecule has 0 spiro atoms. The number of hydrogen-bond donors (Lipinski definition) is 1. The summed E-state index contributed by atoms with van der Waals surface area (Å²) in [4.78, 5) is 22.8. The first-order chi connectivity index (χ1) is 5.56. The predicted molar refractivity (Wildman–Crippen MR) is 41.0 cm³/mol. The van der Waals surface area contributed by atoms with Gasteiger partial charge in [0.2, 0.25) is 5.24 Å². The molecule has 0 unspecified atom stereocenters. The maximum absolute atomic E-state index is 11.0. The summed E-state index contributed by atoms with van der Waals surface area (Å²) in [5, 5.41) is 8.21. The monoisotopic (exact) mass is 189 g/mol. The number of carbonyl (C=O) groups excluding carboxylic acids is 1. The van der Waals surface area contributed by atoms with E-state index in [4.69, 9.17) is 16.7 Å². The van der Waals surface area contributed by atoms with Gasteiger partial charge < -0.3 is 5.11 Å². The molecule has 12 heavy (non-hydrogen) atoms. The van der Waals surface area contributed by atoms with E-state index >= 15 is 0 Å². The first-order valence-corrected chi connectivity index (χ1v) is 4.14. The second kappa shape index (κ2) is 2.13. The van der Waals surface area contributed by atoms with Gasteiger partial charge in [-0.1, -0.05) is 0 Å². The lowest BCUT2D eigenvalue weighted by molar-refractivity contribution is -0.122. The number of rotatable bonds is 1. The lowest BCUT2D eigenvalue weighted by Gasteiger charge is -2.37. The van der Waals surface area contributed by atoms with Crippen LogP contribution >= 0.6 is 11.6 Å². The molecule has 2 aliphatic heterocycles. The van der Waals surface area contributed by atoms with Gasteiger partial charge >= 0.3 is 6.09 Å². The van der Waals surface area contributed by atoms with E-state index in [2.05, 4.69) is 0 Å². The molecule has 2 heterocycles. The third-order valence-electron chi connectivity index (χ3n) is 2.81. The molecule has 1 aliphatic carbocycles. The summed E-state index contributed by atoms with van der Waals surface area (Å²) in [6, 6.07) is 0. The molecule has 0 radical (unpaired) electrons. The second-order valence-electron chi connectivity index (χ2n) is 3.47. The van der Waals surface area contributed by atoms with Gasteiger partial charge in [-0.3, -0.25) is 9.69 Å². The van der Waals surface area contributed by atoms with Crippen LogP contribution in [0.15, 0.2) is 0 Å². The van der Waals surface area contributed by atoms with Gasteiger partial charge in [0.15, 0.2) is 0 Å². The molecular weight excluding hydrogens is 182 g/mol. The molecule has 5 heteroatoms. The fourth-order valence-corrected chi connectivity index (χ4v) is 2.46. The van der Waals surface area contributed by atoms with E-state index in [1.165, 1.54) is 4.90 Å². The molecule has 0 aromatic rings. The summed E-state index contributed by atoms with van der Waals surface area (Å²) in [5.74, 6) is 0.351. The highest BCUT2D eigenvalue weighted by atomic mass is 35.5. The lowest BCUT2D eigenvalue weighted by atomic mass is 9.74. The van der Waals surface area contributed by atoms with Crippen LogP contribution < -0.4 is 0 Å². The average Bonchev–Trinajstić information content (AvgIpc) is 2.35. The maximum Gasteiger partial charge on any atom is 0.408 e. The lowest BCUT2D eigenvalue weighted by Crippen LogP contribution is -2.52. The van der Waals surface area contributed by atoms with Crippen LogP contribution in [0.1, 0.15) is 12.8 Å². The summed E-state index contributed by atoms with van der Waals surface area (Å²) in [7, 11) is 0. The van der Waals surface area contributed by atoms with Crippen molar-refractivity contribution in [3.8, 4) is 0 Å². The zero-order chi connectivity index (χ0) is 8.93. The molecule has 3 rings (SSSR count). The molecule has 1 N–H and O–H groups in total. The Morgan fingerprint density at radius 1 is 1.50 bits per heavy atom. The Kier molecular flexibility index (Phi) is 1.39. The van der Waals surface area contributed by atoms with E-state index in [-0.39, 0.29) is 0 Å². The van der Waals surface area contributed by atoms with Crippen LogP contribution in [0.3, 0.4) is 0 Å². The Morgan fingerprint density at radius 2 is 2.08 bits per heavy atom. The highest BCUT2D eigenvalue weighted by molar-refractivity contribution is 6.66. The van der Waals surface area contributed by atoms with Gasteiger partial charge in [0, 0.05) is 6.54 Å². The van der Waals surface area contributed by atoms with Gasteiger partial charge in [-0.05, 0) is 30.4 Å². The van der Waals surface area contributed by atoms with Gasteiger partial charge in [-0.25, -0.2) is 4.79 Å². The van der Waals surface area contributed by atoms with Crippen molar-refractivity contribution >= 4 is 22.9 Å². The number of carbonyl (C=O) groups is 2. The Balaban J connectivity index is 2.27. The van der Waals surface area contributed by atoms with Crippen molar-refractivity contribution in [1.29, 1.82) is 0 Å². The number of hydrogen-bond acceptors (Lipinski definition) is 2. The molecule has 2 saturated heterocycles. The number of halogens is 1. The zero-order valence-corrected chi connectivity index (χ0v) is 7.04. The molecule has 3 fully saturated rings. The predicted octanol–water partition coefficient (Wildman–Crippen LogP) is 0.894. The molecule has 4 nitrogen and oxygen atoms in total. The van der Waals surface area contributed by atoms with Gasteiger partial charge in [0.05, 0.1) is 0 Å². The molecule has 1 saturated carbocycles. The van der Waals surface area contributed by atoms with E-state index in [1.807, 2.05) is 0 Å². The Bertz CT molecular complexity index is 257. The summed E-state index contributed by atoms with van der Waals surface area (Å²) in [6.07, 6.45) is 0.187. The standard InChI is InChI=1S/C7H8ClNO3/c8-5(10)7-1-4(2-7)3-9(7)6(11)12/h4H,1-3H2,(H,11,12). The van der Waals surface area contributed by atoms with Crippen LogP contribution in [-0.4, -0.2) is 33.4 Å². The zero-order valence-electron chi connectivity index (χ0n) is 6.29. The van der Waals surface area contributed by atoms with Crippen molar-refractivity contribution in [2.24, 2.45) is 5.92 Å². The normalized spacial score (nSPS) is 37.8. The Labute approximate surface area is 74.1 Å². The van der Waals surface area contributed by atoms with Crippen molar-refractivity contribution < 1.29 is 14.7 Å². The topological polar surface area (TPSA) is 57.6 Å². The van der Waals surface area contributed by atoms with Crippen LogP contribution in [0.2, 0.25) is 0 Å². The molecule has 66 valence electrons. The van der Waals surface area contributed by atoms with Crippen LogP contribution in [0.4, 0.5) is 4.79 Å². The molecule has 0 atom stereocenters. The van der Waals surface area contributed by atoms with Crippen molar-refractivity contribution in [3.05, 3.63) is 0 Å². The van der Waals surface area contributed by atoms with Crippen molar-refractivity contribution in [3.63, 3.8) is 0 Å². The summed E-state index contributed by atoms with van der Waals surface area (Å²) in [6.45, 7) is 0.466. The van der Waals surface area contributed by atoms with E-state index in [0.717, 1.165) is 0 Å². The average molecular weight is 190 g/mol. The summed E-state index contributed by atoms with van der Waals surface area (Å²) < 4.78 is 0. The highest BCUT2D eigenvalue weighted by Crippen LogP contribution is 2.51. The number of amides is 1. The minimum Gasteiger partial charge on any atom is -0.465 e. The van der Waals surface area contributed by atoms with Crippen molar-refractivity contribution in [1.82, 2.24) is 4.90 Å². The van der Waals surface area contributed by atoms with Crippen LogP contribution in [0, 0.1) is 5.92 Å². The van der Waals surface area contributed by atoms with Crippen LogP contribution in [-0.2, 0) is 4.79 Å². The van der Waals surface area contributed by atoms with Crippen molar-refractivity contribution in [2.75, 3.05) is 6.54 Å². The Hall–Kier alpha value is -0.770. The molecule has 0 aromatic carbocycles. The second-order valence-corrected chi connectivity index (χ2v) is 3.82. The summed E-state index contributed by atoms with van der Waals surface area (Å²) in [5.41, 5.74) is -0.863. The third-order valence-corrected chi connectivity index (χ3v) is 3.16. The van der Waals surface area contributed by atoms with E-state index in [1.54, 1.807) is 0 Å². The molecule has 3 aliphatic rings.